The highest BCUT2D eigenvalue weighted by Crippen LogP contribution is 2.22. The van der Waals surface area contributed by atoms with E-state index in [1.807, 2.05) is 18.2 Å². The molecule has 0 unspecified atom stereocenters. The number of esters is 1. The number of carbonyl (C=O) groups excluding carboxylic acids is 1. The number of para-hydroxylation sites is 2. The van der Waals surface area contributed by atoms with E-state index >= 15 is 0 Å². The first-order valence-electron chi connectivity index (χ1n) is 6.02. The SMILES string of the molecule is Nc1ccccc1OCCC(=O)OCc1ccc(Cl)s1. The predicted molar refractivity (Wildman–Crippen MR) is 80.1 cm³/mol. The second-order valence-electron chi connectivity index (χ2n) is 4.00. The second-order valence-corrected chi connectivity index (χ2v) is 5.80. The van der Waals surface area contributed by atoms with Gasteiger partial charge in [-0.1, -0.05) is 23.7 Å². The van der Waals surface area contributed by atoms with Crippen molar-refractivity contribution in [3.63, 3.8) is 0 Å². The van der Waals surface area contributed by atoms with E-state index < -0.39 is 0 Å². The van der Waals surface area contributed by atoms with Gasteiger partial charge < -0.3 is 15.2 Å². The predicted octanol–water partition coefficient (Wildman–Crippen LogP) is 3.50. The Morgan fingerprint density at radius 1 is 1.25 bits per heavy atom. The molecule has 0 fully saturated rings. The Hall–Kier alpha value is -1.72. The highest BCUT2D eigenvalue weighted by Gasteiger charge is 2.06. The Morgan fingerprint density at radius 3 is 2.75 bits per heavy atom. The van der Waals surface area contributed by atoms with E-state index in [0.717, 1.165) is 4.88 Å². The van der Waals surface area contributed by atoms with E-state index in [1.54, 1.807) is 18.2 Å². The zero-order valence-corrected chi connectivity index (χ0v) is 12.2. The van der Waals surface area contributed by atoms with E-state index in [-0.39, 0.29) is 25.6 Å². The summed E-state index contributed by atoms with van der Waals surface area (Å²) in [7, 11) is 0. The van der Waals surface area contributed by atoms with Crippen LogP contribution >= 0.6 is 22.9 Å². The number of rotatable bonds is 6. The molecular weight excluding hydrogens is 298 g/mol. The second kappa shape index (κ2) is 7.17. The first kappa shape index (κ1) is 14.7. The van der Waals surface area contributed by atoms with Crippen molar-refractivity contribution in [1.29, 1.82) is 0 Å². The number of halogens is 1. The quantitative estimate of drug-likeness (QED) is 0.655. The maximum absolute atomic E-state index is 11.5. The molecule has 0 aliphatic rings. The Labute approximate surface area is 126 Å². The molecule has 0 saturated heterocycles. The van der Waals surface area contributed by atoms with Crippen molar-refractivity contribution in [2.75, 3.05) is 12.3 Å². The van der Waals surface area contributed by atoms with Crippen LogP contribution in [0.3, 0.4) is 0 Å². The molecule has 0 saturated carbocycles. The van der Waals surface area contributed by atoms with E-state index in [2.05, 4.69) is 0 Å². The van der Waals surface area contributed by atoms with E-state index in [9.17, 15) is 4.79 Å². The maximum Gasteiger partial charge on any atom is 0.309 e. The van der Waals surface area contributed by atoms with Gasteiger partial charge in [0.1, 0.15) is 12.4 Å². The zero-order chi connectivity index (χ0) is 14.4. The first-order valence-corrected chi connectivity index (χ1v) is 7.22. The van der Waals surface area contributed by atoms with Gasteiger partial charge in [-0.05, 0) is 24.3 Å². The number of hydrogen-bond acceptors (Lipinski definition) is 5. The minimum atomic E-state index is -0.316. The van der Waals surface area contributed by atoms with Crippen molar-refractivity contribution in [2.45, 2.75) is 13.0 Å². The van der Waals surface area contributed by atoms with Gasteiger partial charge >= 0.3 is 5.97 Å². The number of anilines is 1. The van der Waals surface area contributed by atoms with Crippen molar-refractivity contribution in [3.05, 3.63) is 45.6 Å². The van der Waals surface area contributed by atoms with Crippen LogP contribution in [-0.4, -0.2) is 12.6 Å². The lowest BCUT2D eigenvalue weighted by Gasteiger charge is -2.08. The van der Waals surface area contributed by atoms with Gasteiger partial charge in [0.2, 0.25) is 0 Å². The average Bonchev–Trinajstić information content (AvgIpc) is 2.84. The summed E-state index contributed by atoms with van der Waals surface area (Å²) in [6.45, 7) is 0.474. The van der Waals surface area contributed by atoms with Gasteiger partial charge in [0, 0.05) is 4.88 Å². The van der Waals surface area contributed by atoms with Crippen LogP contribution in [0.4, 0.5) is 5.69 Å². The van der Waals surface area contributed by atoms with Crippen LogP contribution in [0.25, 0.3) is 0 Å². The number of benzene rings is 1. The number of carbonyl (C=O) groups is 1. The number of thiophene rings is 1. The fourth-order valence-electron chi connectivity index (χ4n) is 1.51. The molecule has 1 aromatic heterocycles. The molecular formula is C14H14ClNO3S. The van der Waals surface area contributed by atoms with E-state index in [4.69, 9.17) is 26.8 Å². The summed E-state index contributed by atoms with van der Waals surface area (Å²) in [6.07, 6.45) is 0.174. The largest absolute Gasteiger partial charge is 0.491 e. The van der Waals surface area contributed by atoms with Gasteiger partial charge in [0.15, 0.2) is 0 Å². The van der Waals surface area contributed by atoms with Gasteiger partial charge in [-0.15, -0.1) is 11.3 Å². The van der Waals surface area contributed by atoms with Crippen molar-refractivity contribution in [3.8, 4) is 5.75 Å². The molecule has 4 nitrogen and oxygen atoms in total. The highest BCUT2D eigenvalue weighted by molar-refractivity contribution is 7.16. The minimum Gasteiger partial charge on any atom is -0.491 e. The highest BCUT2D eigenvalue weighted by atomic mass is 35.5. The Morgan fingerprint density at radius 2 is 2.05 bits per heavy atom. The molecule has 106 valence electrons. The normalized spacial score (nSPS) is 10.2. The smallest absolute Gasteiger partial charge is 0.309 e. The van der Waals surface area contributed by atoms with Crippen LogP contribution in [-0.2, 0) is 16.1 Å². The number of nitrogens with two attached hydrogens (primary N) is 1. The van der Waals surface area contributed by atoms with E-state index in [1.165, 1.54) is 11.3 Å². The molecule has 0 aliphatic carbocycles. The lowest BCUT2D eigenvalue weighted by atomic mass is 10.3. The molecule has 1 aromatic carbocycles. The molecule has 6 heteroatoms. The summed E-state index contributed by atoms with van der Waals surface area (Å²) in [5, 5.41) is 0. The number of hydrogen-bond donors (Lipinski definition) is 1. The molecule has 0 aliphatic heterocycles. The molecule has 2 N–H and O–H groups in total. The molecule has 0 radical (unpaired) electrons. The molecule has 2 aromatic rings. The van der Waals surface area contributed by atoms with Gasteiger partial charge in [-0.3, -0.25) is 4.79 Å². The Kier molecular flexibility index (Phi) is 5.26. The summed E-state index contributed by atoms with van der Waals surface area (Å²) in [6, 6.07) is 10.8. The molecule has 0 bridgehead atoms. The molecule has 2 rings (SSSR count). The third kappa shape index (κ3) is 4.43. The van der Waals surface area contributed by atoms with Crippen molar-refractivity contribution in [1.82, 2.24) is 0 Å². The Balaban J connectivity index is 1.69. The van der Waals surface area contributed by atoms with Gasteiger partial charge in [0.25, 0.3) is 0 Å². The van der Waals surface area contributed by atoms with Crippen LogP contribution in [0, 0.1) is 0 Å². The van der Waals surface area contributed by atoms with E-state index in [0.29, 0.717) is 15.8 Å². The van der Waals surface area contributed by atoms with Gasteiger partial charge in [-0.2, -0.15) is 0 Å². The minimum absolute atomic E-state index is 0.174. The average molecular weight is 312 g/mol. The van der Waals surface area contributed by atoms with Crippen LogP contribution < -0.4 is 10.5 Å². The molecule has 20 heavy (non-hydrogen) atoms. The monoisotopic (exact) mass is 311 g/mol. The summed E-state index contributed by atoms with van der Waals surface area (Å²) in [5.41, 5.74) is 6.27. The number of nitrogen functional groups attached to an aromatic ring is 1. The topological polar surface area (TPSA) is 61.5 Å². The summed E-state index contributed by atoms with van der Waals surface area (Å²) in [5.74, 6) is 0.259. The molecule has 0 atom stereocenters. The first-order chi connectivity index (χ1) is 9.65. The van der Waals surface area contributed by atoms with Crippen LogP contribution in [0.1, 0.15) is 11.3 Å². The number of ether oxygens (including phenoxy) is 2. The maximum atomic E-state index is 11.5. The lowest BCUT2D eigenvalue weighted by molar-refractivity contribution is -0.145. The summed E-state index contributed by atoms with van der Waals surface area (Å²) < 4.78 is 11.2. The van der Waals surface area contributed by atoms with Gasteiger partial charge in [0.05, 0.1) is 23.1 Å². The molecule has 0 amide bonds. The zero-order valence-electron chi connectivity index (χ0n) is 10.7. The van der Waals surface area contributed by atoms with Crippen molar-refractivity contribution >= 4 is 34.6 Å². The molecule has 0 spiro atoms. The van der Waals surface area contributed by atoms with Crippen LogP contribution in [0.15, 0.2) is 36.4 Å². The summed E-state index contributed by atoms with van der Waals surface area (Å²) in [4.78, 5) is 12.4. The fourth-order valence-corrected chi connectivity index (χ4v) is 2.51. The third-order valence-corrected chi connectivity index (χ3v) is 3.69. The molecule has 1 heterocycles. The van der Waals surface area contributed by atoms with Crippen molar-refractivity contribution in [2.24, 2.45) is 0 Å². The van der Waals surface area contributed by atoms with Crippen molar-refractivity contribution < 1.29 is 14.3 Å². The summed E-state index contributed by atoms with van der Waals surface area (Å²) >= 11 is 7.18. The fraction of sp³-hybridized carbons (Fsp3) is 0.214. The lowest BCUT2D eigenvalue weighted by Crippen LogP contribution is -2.10. The third-order valence-electron chi connectivity index (χ3n) is 2.49. The van der Waals surface area contributed by atoms with Crippen LogP contribution in [0.5, 0.6) is 5.75 Å². The van der Waals surface area contributed by atoms with Gasteiger partial charge in [-0.25, -0.2) is 0 Å². The van der Waals surface area contributed by atoms with Crippen LogP contribution in [0.2, 0.25) is 4.34 Å². The standard InChI is InChI=1S/C14H14ClNO3S/c15-13-6-5-10(20-13)9-19-14(17)7-8-18-12-4-2-1-3-11(12)16/h1-6H,7-9,16H2. The Bertz CT molecular complexity index is 585.